The van der Waals surface area contributed by atoms with E-state index in [2.05, 4.69) is 63.6 Å². The Labute approximate surface area is 160 Å². The highest BCUT2D eigenvalue weighted by Crippen LogP contribution is 2.30. The van der Waals surface area contributed by atoms with Crippen LogP contribution in [0.4, 0.5) is 0 Å². The van der Waals surface area contributed by atoms with Gasteiger partial charge in [-0.25, -0.2) is 10.9 Å². The van der Waals surface area contributed by atoms with E-state index in [0.717, 1.165) is 25.9 Å². The molecule has 3 aliphatic heterocycles. The van der Waals surface area contributed by atoms with Gasteiger partial charge in [-0.05, 0) is 18.4 Å². The van der Waals surface area contributed by atoms with Crippen LogP contribution in [-0.2, 0) is 4.79 Å². The summed E-state index contributed by atoms with van der Waals surface area (Å²) in [5.41, 5.74) is 7.86. The van der Waals surface area contributed by atoms with Gasteiger partial charge in [0.15, 0.2) is 0 Å². The third-order valence-corrected chi connectivity index (χ3v) is 7.15. The zero-order valence-electron chi connectivity index (χ0n) is 15.6. The second-order valence-corrected chi connectivity index (χ2v) is 8.94. The number of rotatable bonds is 3. The molecule has 4 rings (SSSR count). The summed E-state index contributed by atoms with van der Waals surface area (Å²) in [5.74, 6) is 3.02. The van der Waals surface area contributed by atoms with Crippen LogP contribution in [0.5, 0.6) is 0 Å². The maximum absolute atomic E-state index is 13.1. The van der Waals surface area contributed by atoms with Crippen molar-refractivity contribution in [2.45, 2.75) is 37.9 Å². The number of hydrogen-bond acceptors (Lipinski definition) is 5. The first-order valence-corrected chi connectivity index (χ1v) is 11.1. The normalized spacial score (nSPS) is 31.3. The fraction of sp³-hybridized carbons (Fsp3) is 0.650. The number of amides is 1. The minimum atomic E-state index is -0.136. The Bertz CT molecular complexity index is 599. The Balaban J connectivity index is 1.32. The number of benzene rings is 1. The Morgan fingerprint density at radius 1 is 1.04 bits per heavy atom. The fourth-order valence-electron chi connectivity index (χ4n) is 4.56. The number of hydrogen-bond donors (Lipinski definition) is 2. The average Bonchev–Trinajstić information content (AvgIpc) is 3.10. The molecule has 1 aromatic rings. The maximum Gasteiger partial charge on any atom is 0.241 e. The highest BCUT2D eigenvalue weighted by Gasteiger charge is 2.40. The molecule has 142 valence electrons. The lowest BCUT2D eigenvalue weighted by Gasteiger charge is -2.40. The second-order valence-electron chi connectivity index (χ2n) is 7.72. The van der Waals surface area contributed by atoms with E-state index in [4.69, 9.17) is 0 Å². The predicted octanol–water partition coefficient (Wildman–Crippen LogP) is 1.88. The summed E-state index contributed by atoms with van der Waals surface area (Å²) >= 11 is 2.06. The minimum absolute atomic E-state index is 0.136. The second kappa shape index (κ2) is 8.30. The van der Waals surface area contributed by atoms with Gasteiger partial charge in [-0.1, -0.05) is 37.3 Å². The highest BCUT2D eigenvalue weighted by atomic mass is 32.2. The van der Waals surface area contributed by atoms with E-state index in [1.165, 1.54) is 30.2 Å². The third kappa shape index (κ3) is 3.79. The van der Waals surface area contributed by atoms with Gasteiger partial charge in [0.05, 0.1) is 6.04 Å². The molecule has 0 bridgehead atoms. The van der Waals surface area contributed by atoms with E-state index in [1.54, 1.807) is 0 Å². The Morgan fingerprint density at radius 2 is 1.73 bits per heavy atom. The largest absolute Gasteiger partial charge is 0.341 e. The fourth-order valence-corrected chi connectivity index (χ4v) is 5.49. The van der Waals surface area contributed by atoms with Crippen molar-refractivity contribution in [3.8, 4) is 0 Å². The Morgan fingerprint density at radius 3 is 2.42 bits per heavy atom. The Hall–Kier alpha value is -1.08. The molecule has 0 aliphatic carbocycles. The molecular weight excluding hydrogens is 344 g/mol. The van der Waals surface area contributed by atoms with Gasteiger partial charge < -0.3 is 4.90 Å². The molecule has 1 amide bonds. The van der Waals surface area contributed by atoms with Crippen molar-refractivity contribution in [1.82, 2.24) is 20.7 Å². The van der Waals surface area contributed by atoms with Gasteiger partial charge in [0.25, 0.3) is 0 Å². The Kier molecular flexibility index (Phi) is 5.84. The zero-order valence-corrected chi connectivity index (χ0v) is 16.4. The molecule has 26 heavy (non-hydrogen) atoms. The number of piperidine rings is 1. The summed E-state index contributed by atoms with van der Waals surface area (Å²) in [6.07, 6.45) is 2.24. The topological polar surface area (TPSA) is 47.6 Å². The SMILES string of the molecule is CC1C(C(=O)N2CCC(N3CCSCC3)CC2)NNC1c1ccccc1. The van der Waals surface area contributed by atoms with Crippen molar-refractivity contribution in [3.63, 3.8) is 0 Å². The van der Waals surface area contributed by atoms with E-state index in [-0.39, 0.29) is 23.9 Å². The summed E-state index contributed by atoms with van der Waals surface area (Å²) in [7, 11) is 0. The molecule has 1 aromatic carbocycles. The van der Waals surface area contributed by atoms with Gasteiger partial charge >= 0.3 is 0 Å². The number of nitrogens with zero attached hydrogens (tertiary/aromatic N) is 2. The summed E-state index contributed by atoms with van der Waals surface area (Å²) in [4.78, 5) is 17.8. The number of carbonyl (C=O) groups is 1. The predicted molar refractivity (Wildman–Crippen MR) is 107 cm³/mol. The molecule has 0 saturated carbocycles. The van der Waals surface area contributed by atoms with Gasteiger partial charge in [-0.15, -0.1) is 0 Å². The number of carbonyl (C=O) groups excluding carboxylic acids is 1. The number of thioether (sulfide) groups is 1. The van der Waals surface area contributed by atoms with Crippen molar-refractivity contribution in [2.24, 2.45) is 5.92 Å². The van der Waals surface area contributed by atoms with Gasteiger partial charge in [0, 0.05) is 49.6 Å². The van der Waals surface area contributed by atoms with E-state index >= 15 is 0 Å². The lowest BCUT2D eigenvalue weighted by Crippen LogP contribution is -2.53. The van der Waals surface area contributed by atoms with E-state index < -0.39 is 0 Å². The van der Waals surface area contributed by atoms with Gasteiger partial charge in [-0.3, -0.25) is 9.69 Å². The standard InChI is InChI=1S/C20H30N4OS/c1-15-18(16-5-3-2-4-6-16)21-22-19(15)20(25)24-9-7-17(8-10-24)23-11-13-26-14-12-23/h2-6,15,17-19,21-22H,7-14H2,1H3. The van der Waals surface area contributed by atoms with Gasteiger partial charge in [0.2, 0.25) is 5.91 Å². The molecule has 3 saturated heterocycles. The molecule has 3 aliphatic rings. The van der Waals surface area contributed by atoms with Crippen LogP contribution in [0.2, 0.25) is 0 Å². The highest BCUT2D eigenvalue weighted by molar-refractivity contribution is 7.99. The maximum atomic E-state index is 13.1. The van der Waals surface area contributed by atoms with Crippen molar-refractivity contribution in [2.75, 3.05) is 37.7 Å². The lowest BCUT2D eigenvalue weighted by molar-refractivity contribution is -0.135. The molecular formula is C20H30N4OS. The van der Waals surface area contributed by atoms with Crippen LogP contribution in [0.3, 0.4) is 0 Å². The van der Waals surface area contributed by atoms with Gasteiger partial charge in [-0.2, -0.15) is 11.8 Å². The van der Waals surface area contributed by atoms with E-state index in [1.807, 2.05) is 6.07 Å². The van der Waals surface area contributed by atoms with Crippen LogP contribution in [0.25, 0.3) is 0 Å². The van der Waals surface area contributed by atoms with Crippen LogP contribution < -0.4 is 10.9 Å². The molecule has 2 N–H and O–H groups in total. The first-order chi connectivity index (χ1) is 12.7. The van der Waals surface area contributed by atoms with E-state index in [9.17, 15) is 4.79 Å². The summed E-state index contributed by atoms with van der Waals surface area (Å²) in [5, 5.41) is 0. The van der Waals surface area contributed by atoms with Crippen molar-refractivity contribution >= 4 is 17.7 Å². The molecule has 6 heteroatoms. The van der Waals surface area contributed by atoms with Crippen molar-refractivity contribution in [3.05, 3.63) is 35.9 Å². The number of hydrazine groups is 1. The molecule has 0 spiro atoms. The monoisotopic (exact) mass is 374 g/mol. The van der Waals surface area contributed by atoms with Crippen LogP contribution >= 0.6 is 11.8 Å². The number of likely N-dealkylation sites (tertiary alicyclic amines) is 1. The smallest absolute Gasteiger partial charge is 0.241 e. The molecule has 3 atom stereocenters. The average molecular weight is 375 g/mol. The van der Waals surface area contributed by atoms with Crippen LogP contribution in [0, 0.1) is 5.92 Å². The van der Waals surface area contributed by atoms with Crippen LogP contribution in [0.15, 0.2) is 30.3 Å². The van der Waals surface area contributed by atoms with Crippen LogP contribution in [0.1, 0.15) is 31.4 Å². The molecule has 0 radical (unpaired) electrons. The lowest BCUT2D eigenvalue weighted by atomic mass is 9.90. The molecule has 5 nitrogen and oxygen atoms in total. The first-order valence-electron chi connectivity index (χ1n) is 9.90. The minimum Gasteiger partial charge on any atom is -0.341 e. The third-order valence-electron chi connectivity index (χ3n) is 6.21. The summed E-state index contributed by atoms with van der Waals surface area (Å²) in [6.45, 7) is 6.40. The quantitative estimate of drug-likeness (QED) is 0.846. The zero-order chi connectivity index (χ0) is 17.9. The van der Waals surface area contributed by atoms with Crippen LogP contribution in [-0.4, -0.2) is 65.5 Å². The summed E-state index contributed by atoms with van der Waals surface area (Å²) in [6, 6.07) is 11.1. The van der Waals surface area contributed by atoms with Gasteiger partial charge in [0.1, 0.15) is 6.04 Å². The first kappa shape index (κ1) is 18.3. The summed E-state index contributed by atoms with van der Waals surface area (Å²) < 4.78 is 0. The van der Waals surface area contributed by atoms with Crippen molar-refractivity contribution in [1.29, 1.82) is 0 Å². The van der Waals surface area contributed by atoms with E-state index in [0.29, 0.717) is 6.04 Å². The molecule has 0 aromatic heterocycles. The number of nitrogens with one attached hydrogen (secondary N) is 2. The molecule has 3 fully saturated rings. The molecule has 3 heterocycles. The van der Waals surface area contributed by atoms with Crippen molar-refractivity contribution < 1.29 is 4.79 Å². The molecule has 3 unspecified atom stereocenters.